The Morgan fingerprint density at radius 1 is 1.18 bits per heavy atom. The Hall–Kier alpha value is -3.20. The van der Waals surface area contributed by atoms with Gasteiger partial charge in [0.05, 0.1) is 25.3 Å². The molecule has 0 aliphatic rings. The van der Waals surface area contributed by atoms with Crippen LogP contribution in [0.3, 0.4) is 0 Å². The molecule has 0 saturated carbocycles. The molecule has 0 radical (unpaired) electrons. The van der Waals surface area contributed by atoms with Gasteiger partial charge < -0.3 is 4.74 Å². The molecule has 6 heteroatoms. The third kappa shape index (κ3) is 2.94. The van der Waals surface area contributed by atoms with Gasteiger partial charge in [-0.05, 0) is 35.0 Å². The number of nitriles is 1. The molecule has 2 aromatic carbocycles. The number of methoxy groups -OCH3 is 1. The van der Waals surface area contributed by atoms with Crippen LogP contribution in [0, 0.1) is 11.3 Å². The van der Waals surface area contributed by atoms with E-state index in [4.69, 9.17) is 10.00 Å². The maximum atomic E-state index is 8.92. The van der Waals surface area contributed by atoms with Crippen LogP contribution >= 0.6 is 0 Å². The summed E-state index contributed by atoms with van der Waals surface area (Å²) in [6.07, 6.45) is 0. The third-order valence-electron chi connectivity index (χ3n) is 3.16. The average molecular weight is 291 g/mol. The molecule has 3 rings (SSSR count). The Bertz CT molecular complexity index is 834. The lowest BCUT2D eigenvalue weighted by molar-refractivity contribution is 0.415. The largest absolute Gasteiger partial charge is 0.497 e. The maximum Gasteiger partial charge on any atom is 0.205 e. The summed E-state index contributed by atoms with van der Waals surface area (Å²) in [4.78, 5) is 1.51. The van der Waals surface area contributed by atoms with Gasteiger partial charge in [-0.25, -0.2) is 0 Å². The van der Waals surface area contributed by atoms with Crippen molar-refractivity contribution in [2.45, 2.75) is 6.54 Å². The lowest BCUT2D eigenvalue weighted by atomic mass is 10.1. The topological polar surface area (TPSA) is 76.6 Å². The van der Waals surface area contributed by atoms with Crippen molar-refractivity contribution in [2.75, 3.05) is 7.11 Å². The second kappa shape index (κ2) is 6.06. The summed E-state index contributed by atoms with van der Waals surface area (Å²) in [5.41, 5.74) is 2.41. The van der Waals surface area contributed by atoms with Crippen molar-refractivity contribution < 1.29 is 4.74 Å². The number of rotatable bonds is 4. The zero-order chi connectivity index (χ0) is 15.4. The fourth-order valence-corrected chi connectivity index (χ4v) is 2.09. The van der Waals surface area contributed by atoms with E-state index < -0.39 is 0 Å². The molecule has 0 amide bonds. The van der Waals surface area contributed by atoms with Crippen LogP contribution in [0.5, 0.6) is 5.75 Å². The number of nitrogens with zero attached hydrogens (tertiary/aromatic N) is 5. The van der Waals surface area contributed by atoms with Crippen LogP contribution in [0.4, 0.5) is 0 Å². The molecule has 0 unspecified atom stereocenters. The lowest BCUT2D eigenvalue weighted by Crippen LogP contribution is -2.04. The highest BCUT2D eigenvalue weighted by molar-refractivity contribution is 5.56. The first-order valence-electron chi connectivity index (χ1n) is 6.70. The van der Waals surface area contributed by atoms with Gasteiger partial charge in [0.15, 0.2) is 0 Å². The highest BCUT2D eigenvalue weighted by Crippen LogP contribution is 2.20. The zero-order valence-corrected chi connectivity index (χ0v) is 12.0. The molecule has 6 nitrogen and oxygen atoms in total. The van der Waals surface area contributed by atoms with Gasteiger partial charge in [-0.3, -0.25) is 0 Å². The van der Waals surface area contributed by atoms with Crippen LogP contribution in [-0.4, -0.2) is 27.3 Å². The van der Waals surface area contributed by atoms with Gasteiger partial charge in [0.2, 0.25) is 5.82 Å². The normalized spacial score (nSPS) is 10.2. The molecule has 3 aromatic rings. The second-order valence-electron chi connectivity index (χ2n) is 4.69. The van der Waals surface area contributed by atoms with Gasteiger partial charge in [-0.1, -0.05) is 24.3 Å². The lowest BCUT2D eigenvalue weighted by Gasteiger charge is -2.01. The van der Waals surface area contributed by atoms with Crippen molar-refractivity contribution in [1.82, 2.24) is 20.2 Å². The standard InChI is InChI=1S/C16H13N5O/c1-22-15-7-3-6-14(9-15)16-18-20-21(19-16)11-13-5-2-4-12(8-13)10-17/h2-9H,11H2,1H3. The summed E-state index contributed by atoms with van der Waals surface area (Å²) in [7, 11) is 1.62. The van der Waals surface area contributed by atoms with E-state index in [1.807, 2.05) is 42.5 Å². The molecular weight excluding hydrogens is 278 g/mol. The van der Waals surface area contributed by atoms with Crippen molar-refractivity contribution in [3.63, 3.8) is 0 Å². The summed E-state index contributed by atoms with van der Waals surface area (Å²) in [6.45, 7) is 0.465. The predicted molar refractivity (Wildman–Crippen MR) is 80.1 cm³/mol. The molecule has 0 aliphatic heterocycles. The third-order valence-corrected chi connectivity index (χ3v) is 3.16. The molecule has 1 heterocycles. The quantitative estimate of drug-likeness (QED) is 0.737. The van der Waals surface area contributed by atoms with E-state index in [9.17, 15) is 0 Å². The van der Waals surface area contributed by atoms with Crippen molar-refractivity contribution in [3.8, 4) is 23.2 Å². The number of hydrogen-bond donors (Lipinski definition) is 0. The summed E-state index contributed by atoms with van der Waals surface area (Å²) in [5, 5.41) is 21.4. The van der Waals surface area contributed by atoms with Gasteiger partial charge >= 0.3 is 0 Å². The van der Waals surface area contributed by atoms with E-state index in [-0.39, 0.29) is 0 Å². The summed E-state index contributed by atoms with van der Waals surface area (Å²) < 4.78 is 5.19. The number of aromatic nitrogens is 4. The molecule has 0 aliphatic carbocycles. The van der Waals surface area contributed by atoms with Gasteiger partial charge in [0.25, 0.3) is 0 Å². The van der Waals surface area contributed by atoms with Crippen LogP contribution in [0.15, 0.2) is 48.5 Å². The molecule has 108 valence electrons. The first-order chi connectivity index (χ1) is 10.8. The number of benzene rings is 2. The fraction of sp³-hybridized carbons (Fsp3) is 0.125. The number of hydrogen-bond acceptors (Lipinski definition) is 5. The highest BCUT2D eigenvalue weighted by atomic mass is 16.5. The van der Waals surface area contributed by atoms with E-state index in [0.29, 0.717) is 17.9 Å². The van der Waals surface area contributed by atoms with E-state index in [0.717, 1.165) is 16.9 Å². The predicted octanol–water partition coefficient (Wildman–Crippen LogP) is 2.27. The van der Waals surface area contributed by atoms with Crippen LogP contribution in [0.1, 0.15) is 11.1 Å². The first kappa shape index (κ1) is 13.8. The number of ether oxygens (including phenoxy) is 1. The Morgan fingerprint density at radius 3 is 2.86 bits per heavy atom. The zero-order valence-electron chi connectivity index (χ0n) is 12.0. The Balaban J connectivity index is 1.83. The first-order valence-corrected chi connectivity index (χ1v) is 6.70. The van der Waals surface area contributed by atoms with Gasteiger partial charge in [-0.15, -0.1) is 10.2 Å². The molecule has 0 fully saturated rings. The second-order valence-corrected chi connectivity index (χ2v) is 4.69. The molecule has 0 spiro atoms. The van der Waals surface area contributed by atoms with Crippen LogP contribution in [-0.2, 0) is 6.54 Å². The van der Waals surface area contributed by atoms with Crippen LogP contribution in [0.25, 0.3) is 11.4 Å². The van der Waals surface area contributed by atoms with E-state index in [1.54, 1.807) is 13.2 Å². The van der Waals surface area contributed by atoms with Crippen molar-refractivity contribution >= 4 is 0 Å². The van der Waals surface area contributed by atoms with Crippen LogP contribution in [0.2, 0.25) is 0 Å². The summed E-state index contributed by atoms with van der Waals surface area (Å²) in [5.74, 6) is 1.28. The monoisotopic (exact) mass is 291 g/mol. The Kier molecular flexibility index (Phi) is 3.79. The van der Waals surface area contributed by atoms with Crippen molar-refractivity contribution in [3.05, 3.63) is 59.7 Å². The van der Waals surface area contributed by atoms with Gasteiger partial charge in [-0.2, -0.15) is 10.1 Å². The molecule has 0 N–H and O–H groups in total. The van der Waals surface area contributed by atoms with E-state index in [2.05, 4.69) is 21.5 Å². The van der Waals surface area contributed by atoms with Crippen LogP contribution < -0.4 is 4.74 Å². The average Bonchev–Trinajstić information content (AvgIpc) is 3.03. The summed E-state index contributed by atoms with van der Waals surface area (Å²) >= 11 is 0. The van der Waals surface area contributed by atoms with Crippen molar-refractivity contribution in [1.29, 1.82) is 5.26 Å². The van der Waals surface area contributed by atoms with E-state index in [1.165, 1.54) is 4.80 Å². The molecule has 22 heavy (non-hydrogen) atoms. The Morgan fingerprint density at radius 2 is 2.05 bits per heavy atom. The summed E-state index contributed by atoms with van der Waals surface area (Å²) in [6, 6.07) is 17.0. The SMILES string of the molecule is COc1cccc(-c2nnn(Cc3cccc(C#N)c3)n2)c1. The van der Waals surface area contributed by atoms with Crippen molar-refractivity contribution in [2.24, 2.45) is 0 Å². The minimum absolute atomic E-state index is 0.465. The molecule has 1 aromatic heterocycles. The minimum atomic E-state index is 0.465. The molecule has 0 atom stereocenters. The minimum Gasteiger partial charge on any atom is -0.497 e. The number of tetrazole rings is 1. The molecule has 0 bridgehead atoms. The molecule has 0 saturated heterocycles. The maximum absolute atomic E-state index is 8.92. The fourth-order valence-electron chi connectivity index (χ4n) is 2.09. The van der Waals surface area contributed by atoms with Gasteiger partial charge in [0.1, 0.15) is 5.75 Å². The van der Waals surface area contributed by atoms with E-state index >= 15 is 0 Å². The van der Waals surface area contributed by atoms with Gasteiger partial charge in [0, 0.05) is 5.56 Å². The Labute approximate surface area is 127 Å². The molecular formula is C16H13N5O. The smallest absolute Gasteiger partial charge is 0.205 e. The highest BCUT2D eigenvalue weighted by Gasteiger charge is 2.07.